The zero-order chi connectivity index (χ0) is 20.6. The van der Waals surface area contributed by atoms with Crippen LogP contribution in [0.1, 0.15) is 32.3 Å². The van der Waals surface area contributed by atoms with Gasteiger partial charge in [0.05, 0.1) is 13.7 Å². The summed E-state index contributed by atoms with van der Waals surface area (Å²) in [5, 5.41) is 2.91. The summed E-state index contributed by atoms with van der Waals surface area (Å²) in [6.45, 7) is 7.01. The monoisotopic (exact) mass is 394 g/mol. The SMILES string of the molecule is CCOc1ccc(/C=C/C(=O)Nc2ccc(N3CCC(C)CC3)cc2)cc1OC. The molecule has 2 aromatic carbocycles. The third-order valence-electron chi connectivity index (χ3n) is 5.20. The summed E-state index contributed by atoms with van der Waals surface area (Å²) in [4.78, 5) is 14.7. The van der Waals surface area contributed by atoms with Gasteiger partial charge in [-0.3, -0.25) is 4.79 Å². The number of methoxy groups -OCH3 is 1. The number of ether oxygens (including phenoxy) is 2. The predicted molar refractivity (Wildman–Crippen MR) is 119 cm³/mol. The van der Waals surface area contributed by atoms with E-state index >= 15 is 0 Å². The van der Waals surface area contributed by atoms with E-state index in [1.807, 2.05) is 37.3 Å². The molecule has 1 aliphatic rings. The Morgan fingerprint density at radius 3 is 2.52 bits per heavy atom. The lowest BCUT2D eigenvalue weighted by Gasteiger charge is -2.32. The van der Waals surface area contributed by atoms with Crippen molar-refractivity contribution in [3.63, 3.8) is 0 Å². The number of nitrogens with one attached hydrogen (secondary N) is 1. The topological polar surface area (TPSA) is 50.8 Å². The van der Waals surface area contributed by atoms with Crippen molar-refractivity contribution in [3.8, 4) is 11.5 Å². The molecule has 29 heavy (non-hydrogen) atoms. The van der Waals surface area contributed by atoms with E-state index < -0.39 is 0 Å². The highest BCUT2D eigenvalue weighted by atomic mass is 16.5. The Labute approximate surface area is 173 Å². The van der Waals surface area contributed by atoms with Crippen LogP contribution in [0.5, 0.6) is 11.5 Å². The van der Waals surface area contributed by atoms with Crippen LogP contribution in [0.25, 0.3) is 6.08 Å². The van der Waals surface area contributed by atoms with E-state index in [1.54, 1.807) is 13.2 Å². The number of hydrogen-bond donors (Lipinski definition) is 1. The molecule has 5 nitrogen and oxygen atoms in total. The van der Waals surface area contributed by atoms with E-state index in [-0.39, 0.29) is 5.91 Å². The van der Waals surface area contributed by atoms with Crippen molar-refractivity contribution in [2.45, 2.75) is 26.7 Å². The second kappa shape index (κ2) is 10.0. The first kappa shape index (κ1) is 20.8. The summed E-state index contributed by atoms with van der Waals surface area (Å²) < 4.78 is 10.9. The molecule has 0 radical (unpaired) electrons. The minimum Gasteiger partial charge on any atom is -0.493 e. The Morgan fingerprint density at radius 2 is 1.86 bits per heavy atom. The standard InChI is InChI=1S/C24H30N2O3/c1-4-29-22-11-5-19(17-23(22)28-3)6-12-24(27)25-20-7-9-21(10-8-20)26-15-13-18(2)14-16-26/h5-12,17-18H,4,13-16H2,1-3H3,(H,25,27)/b12-6+. The van der Waals surface area contributed by atoms with Crippen molar-refractivity contribution in [2.75, 3.05) is 37.0 Å². The fourth-order valence-corrected chi connectivity index (χ4v) is 3.44. The van der Waals surface area contributed by atoms with Crippen LogP contribution in [0.4, 0.5) is 11.4 Å². The minimum absolute atomic E-state index is 0.169. The molecule has 1 aliphatic heterocycles. The van der Waals surface area contributed by atoms with Gasteiger partial charge in [-0.2, -0.15) is 0 Å². The van der Waals surface area contributed by atoms with E-state index in [4.69, 9.17) is 9.47 Å². The molecule has 0 saturated carbocycles. The Morgan fingerprint density at radius 1 is 1.14 bits per heavy atom. The molecule has 154 valence electrons. The number of piperidine rings is 1. The smallest absolute Gasteiger partial charge is 0.248 e. The molecule has 2 aromatic rings. The maximum absolute atomic E-state index is 12.3. The van der Waals surface area contributed by atoms with Crippen LogP contribution in [-0.4, -0.2) is 32.7 Å². The van der Waals surface area contributed by atoms with Gasteiger partial charge < -0.3 is 19.7 Å². The Kier molecular flexibility index (Phi) is 7.17. The van der Waals surface area contributed by atoms with E-state index in [0.717, 1.165) is 30.3 Å². The van der Waals surface area contributed by atoms with Crippen molar-refractivity contribution in [3.05, 3.63) is 54.1 Å². The largest absolute Gasteiger partial charge is 0.493 e. The zero-order valence-electron chi connectivity index (χ0n) is 17.5. The van der Waals surface area contributed by atoms with E-state index in [0.29, 0.717) is 18.1 Å². The van der Waals surface area contributed by atoms with Gasteiger partial charge in [0.2, 0.25) is 5.91 Å². The fourth-order valence-electron chi connectivity index (χ4n) is 3.44. The highest BCUT2D eigenvalue weighted by Crippen LogP contribution is 2.28. The van der Waals surface area contributed by atoms with Crippen molar-refractivity contribution >= 4 is 23.4 Å². The number of benzene rings is 2. The van der Waals surface area contributed by atoms with Crippen molar-refractivity contribution in [1.29, 1.82) is 0 Å². The molecule has 0 bridgehead atoms. The molecule has 1 N–H and O–H groups in total. The first-order valence-electron chi connectivity index (χ1n) is 10.2. The van der Waals surface area contributed by atoms with Crippen LogP contribution in [0.15, 0.2) is 48.5 Å². The highest BCUT2D eigenvalue weighted by Gasteiger charge is 2.15. The first-order valence-corrected chi connectivity index (χ1v) is 10.2. The van der Waals surface area contributed by atoms with Crippen LogP contribution in [0.2, 0.25) is 0 Å². The molecule has 1 heterocycles. The van der Waals surface area contributed by atoms with Gasteiger partial charge in [0.15, 0.2) is 11.5 Å². The van der Waals surface area contributed by atoms with Crippen LogP contribution < -0.4 is 19.7 Å². The molecule has 1 amide bonds. The van der Waals surface area contributed by atoms with Gasteiger partial charge in [0.25, 0.3) is 0 Å². The minimum atomic E-state index is -0.169. The maximum Gasteiger partial charge on any atom is 0.248 e. The highest BCUT2D eigenvalue weighted by molar-refractivity contribution is 6.02. The lowest BCUT2D eigenvalue weighted by atomic mass is 9.99. The van der Waals surface area contributed by atoms with Gasteiger partial charge >= 0.3 is 0 Å². The number of carbonyl (C=O) groups excluding carboxylic acids is 1. The average molecular weight is 395 g/mol. The van der Waals surface area contributed by atoms with Crippen molar-refractivity contribution < 1.29 is 14.3 Å². The van der Waals surface area contributed by atoms with Gasteiger partial charge in [-0.25, -0.2) is 0 Å². The third kappa shape index (κ3) is 5.76. The molecule has 0 spiro atoms. The van der Waals surface area contributed by atoms with E-state index in [9.17, 15) is 4.79 Å². The molecule has 1 fully saturated rings. The second-order valence-corrected chi connectivity index (χ2v) is 7.38. The fraction of sp³-hybridized carbons (Fsp3) is 0.375. The van der Waals surface area contributed by atoms with E-state index in [2.05, 4.69) is 29.3 Å². The lowest BCUT2D eigenvalue weighted by molar-refractivity contribution is -0.111. The van der Waals surface area contributed by atoms with Crippen LogP contribution in [-0.2, 0) is 4.79 Å². The van der Waals surface area contributed by atoms with Gasteiger partial charge in [-0.05, 0) is 73.7 Å². The number of nitrogens with zero attached hydrogens (tertiary/aromatic N) is 1. The van der Waals surface area contributed by atoms with Gasteiger partial charge in [0.1, 0.15) is 0 Å². The third-order valence-corrected chi connectivity index (χ3v) is 5.20. The first-order chi connectivity index (χ1) is 14.1. The maximum atomic E-state index is 12.3. The van der Waals surface area contributed by atoms with Gasteiger partial charge in [-0.1, -0.05) is 13.0 Å². The summed E-state index contributed by atoms with van der Waals surface area (Å²) in [7, 11) is 1.60. The number of hydrogen-bond acceptors (Lipinski definition) is 4. The molecule has 0 atom stereocenters. The Balaban J connectivity index is 1.57. The molecular formula is C24H30N2O3. The molecular weight excluding hydrogens is 364 g/mol. The summed E-state index contributed by atoms with van der Waals surface area (Å²) in [6.07, 6.45) is 5.76. The summed E-state index contributed by atoms with van der Waals surface area (Å²) in [5.41, 5.74) is 2.88. The number of anilines is 2. The Hall–Kier alpha value is -2.95. The normalized spacial score (nSPS) is 14.8. The molecule has 1 saturated heterocycles. The molecule has 0 aromatic heterocycles. The molecule has 0 aliphatic carbocycles. The number of carbonyl (C=O) groups is 1. The quantitative estimate of drug-likeness (QED) is 0.673. The number of rotatable bonds is 7. The molecule has 3 rings (SSSR count). The lowest BCUT2D eigenvalue weighted by Crippen LogP contribution is -2.32. The zero-order valence-corrected chi connectivity index (χ0v) is 17.5. The summed E-state index contributed by atoms with van der Waals surface area (Å²) in [5.74, 6) is 1.99. The Bertz CT molecular complexity index is 838. The van der Waals surface area contributed by atoms with Gasteiger partial charge in [0, 0.05) is 30.5 Å². The van der Waals surface area contributed by atoms with Crippen molar-refractivity contribution in [1.82, 2.24) is 0 Å². The van der Waals surface area contributed by atoms with Crippen molar-refractivity contribution in [2.24, 2.45) is 5.92 Å². The number of amides is 1. The van der Waals surface area contributed by atoms with Crippen LogP contribution >= 0.6 is 0 Å². The average Bonchev–Trinajstić information content (AvgIpc) is 2.74. The van der Waals surface area contributed by atoms with Gasteiger partial charge in [-0.15, -0.1) is 0 Å². The van der Waals surface area contributed by atoms with Crippen LogP contribution in [0.3, 0.4) is 0 Å². The van der Waals surface area contributed by atoms with E-state index in [1.165, 1.54) is 24.6 Å². The molecule has 5 heteroatoms. The summed E-state index contributed by atoms with van der Waals surface area (Å²) >= 11 is 0. The second-order valence-electron chi connectivity index (χ2n) is 7.38. The molecule has 0 unspecified atom stereocenters. The summed E-state index contributed by atoms with van der Waals surface area (Å²) in [6, 6.07) is 13.7. The van der Waals surface area contributed by atoms with Crippen LogP contribution in [0, 0.1) is 5.92 Å². The predicted octanol–water partition coefficient (Wildman–Crippen LogP) is 4.98.